The molecule has 1 aliphatic rings. The van der Waals surface area contributed by atoms with Gasteiger partial charge in [-0.1, -0.05) is 48.5 Å². The maximum Gasteiger partial charge on any atom is 0.266 e. The van der Waals surface area contributed by atoms with E-state index in [4.69, 9.17) is 4.74 Å². The molecule has 1 heterocycles. The first-order chi connectivity index (χ1) is 15.1. The fourth-order valence-corrected chi connectivity index (χ4v) is 3.98. The van der Waals surface area contributed by atoms with Gasteiger partial charge in [0, 0.05) is 12.6 Å². The molecule has 0 unspecified atom stereocenters. The van der Waals surface area contributed by atoms with Crippen molar-refractivity contribution in [1.82, 2.24) is 4.90 Å². The maximum absolute atomic E-state index is 12.6. The van der Waals surface area contributed by atoms with E-state index < -0.39 is 0 Å². The predicted octanol–water partition coefficient (Wildman–Crippen LogP) is 5.37. The number of amidine groups is 1. The number of rotatable bonds is 5. The van der Waals surface area contributed by atoms with Crippen LogP contribution in [0.1, 0.15) is 16.7 Å². The van der Waals surface area contributed by atoms with Gasteiger partial charge < -0.3 is 4.74 Å². The number of aliphatic imine (C=N–C) groups is 1. The molecule has 4 rings (SSSR count). The number of amides is 1. The number of benzene rings is 3. The number of likely N-dealkylation sites (N-methyl/N-ethyl adjacent to an activating group) is 1. The number of para-hydroxylation sites is 1. The van der Waals surface area contributed by atoms with E-state index in [-0.39, 0.29) is 5.91 Å². The Morgan fingerprint density at radius 2 is 1.74 bits per heavy atom. The summed E-state index contributed by atoms with van der Waals surface area (Å²) < 4.78 is 5.81. The number of hydrogen-bond donors (Lipinski definition) is 0. The average Bonchev–Trinajstić information content (AvgIpc) is 3.07. The van der Waals surface area contributed by atoms with Gasteiger partial charge in [-0.2, -0.15) is 5.26 Å². The smallest absolute Gasteiger partial charge is 0.266 e. The van der Waals surface area contributed by atoms with Crippen LogP contribution in [0.15, 0.2) is 88.8 Å². The maximum atomic E-state index is 12.6. The first-order valence-corrected chi connectivity index (χ1v) is 10.5. The van der Waals surface area contributed by atoms with Crippen molar-refractivity contribution in [1.29, 1.82) is 5.26 Å². The van der Waals surface area contributed by atoms with Gasteiger partial charge in [0.25, 0.3) is 5.91 Å². The lowest BCUT2D eigenvalue weighted by Gasteiger charge is -2.08. The molecule has 5 nitrogen and oxygen atoms in total. The molecule has 0 bridgehead atoms. The summed E-state index contributed by atoms with van der Waals surface area (Å²) in [7, 11) is 1.73. The quantitative estimate of drug-likeness (QED) is 0.516. The van der Waals surface area contributed by atoms with Gasteiger partial charge in [0.15, 0.2) is 5.17 Å². The third-order valence-electron chi connectivity index (χ3n) is 4.69. The lowest BCUT2D eigenvalue weighted by Crippen LogP contribution is -2.23. The number of carbonyl (C=O) groups excluding carboxylic acids is 1. The zero-order valence-corrected chi connectivity index (χ0v) is 17.7. The van der Waals surface area contributed by atoms with Gasteiger partial charge in [-0.25, -0.2) is 4.99 Å². The molecular formula is C25H19N3O2S. The summed E-state index contributed by atoms with van der Waals surface area (Å²) >= 11 is 1.36. The molecule has 3 aromatic rings. The lowest BCUT2D eigenvalue weighted by molar-refractivity contribution is -0.121. The Kier molecular flexibility index (Phi) is 6.16. The molecule has 1 aliphatic heterocycles. The molecule has 1 fully saturated rings. The van der Waals surface area contributed by atoms with E-state index in [0.717, 1.165) is 16.8 Å². The molecule has 0 radical (unpaired) electrons. The van der Waals surface area contributed by atoms with Crippen LogP contribution in [0.3, 0.4) is 0 Å². The number of thioether (sulfide) groups is 1. The minimum absolute atomic E-state index is 0.0758. The Balaban J connectivity index is 1.45. The van der Waals surface area contributed by atoms with Crippen LogP contribution >= 0.6 is 11.8 Å². The Bertz CT molecular complexity index is 1200. The van der Waals surface area contributed by atoms with Crippen LogP contribution in [-0.2, 0) is 11.4 Å². The minimum Gasteiger partial charge on any atom is -0.489 e. The summed E-state index contributed by atoms with van der Waals surface area (Å²) in [5, 5.41) is 9.83. The highest BCUT2D eigenvalue weighted by Crippen LogP contribution is 2.33. The Labute approximate surface area is 185 Å². The van der Waals surface area contributed by atoms with Crippen molar-refractivity contribution < 1.29 is 9.53 Å². The Morgan fingerprint density at radius 3 is 2.48 bits per heavy atom. The molecule has 6 heteroatoms. The molecule has 0 aliphatic carbocycles. The number of ether oxygens (including phenoxy) is 1. The topological polar surface area (TPSA) is 65.7 Å². The fourth-order valence-electron chi connectivity index (χ4n) is 2.99. The molecule has 0 aromatic heterocycles. The lowest BCUT2D eigenvalue weighted by atomic mass is 10.1. The van der Waals surface area contributed by atoms with Gasteiger partial charge in [0.05, 0.1) is 22.2 Å². The molecule has 1 amide bonds. The van der Waals surface area contributed by atoms with E-state index in [1.54, 1.807) is 18.0 Å². The third kappa shape index (κ3) is 4.85. The van der Waals surface area contributed by atoms with Gasteiger partial charge >= 0.3 is 0 Å². The number of carbonyl (C=O) groups is 1. The highest BCUT2D eigenvalue weighted by molar-refractivity contribution is 8.18. The first-order valence-electron chi connectivity index (χ1n) is 9.66. The van der Waals surface area contributed by atoms with Crippen molar-refractivity contribution in [2.75, 3.05) is 7.05 Å². The van der Waals surface area contributed by atoms with E-state index in [2.05, 4.69) is 11.1 Å². The molecule has 0 atom stereocenters. The summed E-state index contributed by atoms with van der Waals surface area (Å²) in [4.78, 5) is 19.3. The average molecular weight is 426 g/mol. The highest BCUT2D eigenvalue weighted by Gasteiger charge is 2.30. The minimum atomic E-state index is -0.0758. The van der Waals surface area contributed by atoms with Crippen molar-refractivity contribution >= 4 is 34.6 Å². The highest BCUT2D eigenvalue weighted by atomic mass is 32.2. The van der Waals surface area contributed by atoms with E-state index in [1.165, 1.54) is 11.8 Å². The van der Waals surface area contributed by atoms with Crippen LogP contribution in [0.25, 0.3) is 6.08 Å². The zero-order chi connectivity index (χ0) is 21.6. The van der Waals surface area contributed by atoms with Crippen molar-refractivity contribution in [3.05, 3.63) is 100 Å². The fraction of sp³-hybridized carbons (Fsp3) is 0.0800. The monoisotopic (exact) mass is 425 g/mol. The summed E-state index contributed by atoms with van der Waals surface area (Å²) in [6, 6.07) is 26.6. The molecule has 31 heavy (non-hydrogen) atoms. The molecule has 0 saturated carbocycles. The Morgan fingerprint density at radius 1 is 1.03 bits per heavy atom. The van der Waals surface area contributed by atoms with E-state index in [0.29, 0.717) is 28.0 Å². The van der Waals surface area contributed by atoms with Crippen molar-refractivity contribution in [2.45, 2.75) is 6.61 Å². The number of hydrogen-bond acceptors (Lipinski definition) is 5. The van der Waals surface area contributed by atoms with Crippen molar-refractivity contribution in [3.8, 4) is 11.8 Å². The third-order valence-corrected chi connectivity index (χ3v) is 5.75. The molecule has 0 N–H and O–H groups in total. The van der Waals surface area contributed by atoms with Crippen molar-refractivity contribution in [3.63, 3.8) is 0 Å². The van der Waals surface area contributed by atoms with E-state index >= 15 is 0 Å². The van der Waals surface area contributed by atoms with Crippen LogP contribution in [-0.4, -0.2) is 23.0 Å². The standard InChI is InChI=1S/C25H19N3O2S/c1-28-24(29)23(31-25(28)27-21-9-3-2-4-10-21)15-18-11-13-22(14-12-18)30-17-20-8-6-5-7-19(20)16-26/h2-15H,17H2,1H3/b23-15+,27-25?. The van der Waals surface area contributed by atoms with Crippen LogP contribution in [0.2, 0.25) is 0 Å². The summed E-state index contributed by atoms with van der Waals surface area (Å²) in [6.07, 6.45) is 1.85. The number of nitriles is 1. The summed E-state index contributed by atoms with van der Waals surface area (Å²) in [5.41, 5.74) is 3.16. The normalized spacial score (nSPS) is 16.0. The van der Waals surface area contributed by atoms with Crippen LogP contribution < -0.4 is 4.74 Å². The molecule has 0 spiro atoms. The molecule has 3 aromatic carbocycles. The molecule has 152 valence electrons. The second-order valence-electron chi connectivity index (χ2n) is 6.83. The van der Waals surface area contributed by atoms with Crippen LogP contribution in [0.4, 0.5) is 5.69 Å². The van der Waals surface area contributed by atoms with E-state index in [1.807, 2.05) is 78.9 Å². The predicted molar refractivity (Wildman–Crippen MR) is 124 cm³/mol. The molecule has 1 saturated heterocycles. The second-order valence-corrected chi connectivity index (χ2v) is 7.84. The summed E-state index contributed by atoms with van der Waals surface area (Å²) in [5.74, 6) is 0.622. The van der Waals surface area contributed by atoms with Crippen LogP contribution in [0, 0.1) is 11.3 Å². The summed E-state index contributed by atoms with van der Waals surface area (Å²) in [6.45, 7) is 0.322. The van der Waals surface area contributed by atoms with Crippen molar-refractivity contribution in [2.24, 2.45) is 4.99 Å². The first kappa shape index (κ1) is 20.5. The van der Waals surface area contributed by atoms with Gasteiger partial charge in [0.2, 0.25) is 0 Å². The zero-order valence-electron chi connectivity index (χ0n) is 16.9. The van der Waals surface area contributed by atoms with E-state index in [9.17, 15) is 10.1 Å². The van der Waals surface area contributed by atoms with Crippen LogP contribution in [0.5, 0.6) is 5.75 Å². The van der Waals surface area contributed by atoms with Gasteiger partial charge in [0.1, 0.15) is 12.4 Å². The largest absolute Gasteiger partial charge is 0.489 e. The Hall–Kier alpha value is -3.82. The SMILES string of the molecule is CN1C(=O)/C(=C\c2ccc(OCc3ccccc3C#N)cc2)SC1=Nc1ccccc1. The van der Waals surface area contributed by atoms with Gasteiger partial charge in [-0.15, -0.1) is 0 Å². The second kappa shape index (κ2) is 9.33. The number of nitrogens with zero attached hydrogens (tertiary/aromatic N) is 3. The van der Waals surface area contributed by atoms with Gasteiger partial charge in [-0.3, -0.25) is 9.69 Å². The van der Waals surface area contributed by atoms with Gasteiger partial charge in [-0.05, 0) is 53.7 Å². The molecular weight excluding hydrogens is 406 g/mol.